The van der Waals surface area contributed by atoms with Crippen molar-refractivity contribution in [2.45, 2.75) is 43.3 Å². The molecule has 0 aromatic heterocycles. The van der Waals surface area contributed by atoms with Crippen LogP contribution < -0.4 is 10.1 Å². The number of alkyl halides is 3. The highest BCUT2D eigenvalue weighted by Gasteiger charge is 2.52. The summed E-state index contributed by atoms with van der Waals surface area (Å²) in [6.07, 6.45) is 1.25. The summed E-state index contributed by atoms with van der Waals surface area (Å²) in [4.78, 5) is 12.7. The minimum Gasteiger partial charge on any atom is -0.497 e. The molecule has 1 saturated heterocycles. The number of amides is 1. The Morgan fingerprint density at radius 2 is 2.00 bits per heavy atom. The Hall–Kier alpha value is -3.24. The van der Waals surface area contributed by atoms with Gasteiger partial charge in [0.1, 0.15) is 5.75 Å². The van der Waals surface area contributed by atoms with Crippen LogP contribution in [-0.4, -0.2) is 50.2 Å². The first-order valence-corrected chi connectivity index (χ1v) is 12.7. The number of halogens is 3. The number of quaternary nitrogens is 1. The van der Waals surface area contributed by atoms with Gasteiger partial charge in [0.05, 0.1) is 39.4 Å². The van der Waals surface area contributed by atoms with Crippen LogP contribution in [0.4, 0.5) is 13.2 Å². The van der Waals surface area contributed by atoms with E-state index < -0.39 is 17.6 Å². The van der Waals surface area contributed by atoms with Crippen LogP contribution in [0.3, 0.4) is 0 Å². The minimum atomic E-state index is -4.40. The van der Waals surface area contributed by atoms with Crippen molar-refractivity contribution in [3.63, 3.8) is 0 Å². The number of ether oxygens (including phenoxy) is 1. The fourth-order valence-electron chi connectivity index (χ4n) is 6.18. The highest BCUT2D eigenvalue weighted by molar-refractivity contribution is 5.94. The quantitative estimate of drug-likeness (QED) is 0.335. The lowest BCUT2D eigenvalue weighted by Gasteiger charge is -2.55. The van der Waals surface area contributed by atoms with Crippen LogP contribution >= 0.6 is 0 Å². The third-order valence-electron chi connectivity index (χ3n) is 8.10. The SMILES string of the molecule is C=CC[N@@+]1(C)CC[C@@]2(c3cccc(OC)c3)C[C@H](NC(=O)C#Cc3ccc(C(F)(F)F)cc3)CCC2C1. The first kappa shape index (κ1) is 26.8. The number of hydrogen-bond acceptors (Lipinski definition) is 2. The summed E-state index contributed by atoms with van der Waals surface area (Å²) in [5.74, 6) is 6.13. The standard InChI is InChI=1S/C30H33F3N2O2/c1-4-17-35(2)18-16-29(24-6-5-7-27(19-24)37-3)20-26(14-13-25(29)21-35)34-28(36)15-10-22-8-11-23(12-9-22)30(31,32)33/h4-9,11-12,19,25-26H,1,13-14,16-18,20-21H2,2-3H3/p+1/t25?,26-,29+,35+/m1/s1. The topological polar surface area (TPSA) is 38.3 Å². The van der Waals surface area contributed by atoms with E-state index in [1.165, 1.54) is 17.7 Å². The molecule has 1 amide bonds. The molecule has 2 aromatic carbocycles. The van der Waals surface area contributed by atoms with E-state index in [4.69, 9.17) is 4.74 Å². The van der Waals surface area contributed by atoms with Gasteiger partial charge >= 0.3 is 6.18 Å². The van der Waals surface area contributed by atoms with Gasteiger partial charge in [-0.3, -0.25) is 4.79 Å². The summed E-state index contributed by atoms with van der Waals surface area (Å²) in [7, 11) is 3.97. The number of methoxy groups -OCH3 is 1. The molecule has 7 heteroatoms. The molecule has 196 valence electrons. The second-order valence-corrected chi connectivity index (χ2v) is 10.6. The van der Waals surface area contributed by atoms with E-state index in [2.05, 4.69) is 42.9 Å². The van der Waals surface area contributed by atoms with Crippen LogP contribution in [0.15, 0.2) is 61.2 Å². The molecule has 0 bridgehead atoms. The number of likely N-dealkylation sites (tertiary alicyclic amines) is 1. The van der Waals surface area contributed by atoms with Gasteiger partial charge in [-0.05, 0) is 67.3 Å². The number of fused-ring (bicyclic) bond motifs is 1. The predicted octanol–water partition coefficient (Wildman–Crippen LogP) is 5.32. The number of carbonyl (C=O) groups is 1. The Morgan fingerprint density at radius 3 is 2.68 bits per heavy atom. The molecule has 0 spiro atoms. The lowest BCUT2D eigenvalue weighted by atomic mass is 9.57. The number of nitrogens with one attached hydrogen (secondary N) is 1. The molecule has 1 unspecified atom stereocenters. The molecule has 1 N–H and O–H groups in total. The number of nitrogens with zero attached hydrogens (tertiary/aromatic N) is 1. The first-order valence-electron chi connectivity index (χ1n) is 12.7. The molecule has 4 atom stereocenters. The monoisotopic (exact) mass is 511 g/mol. The molecule has 37 heavy (non-hydrogen) atoms. The van der Waals surface area contributed by atoms with Gasteiger partial charge in [0.25, 0.3) is 5.91 Å². The van der Waals surface area contributed by atoms with Crippen molar-refractivity contribution in [3.8, 4) is 17.6 Å². The fourth-order valence-corrected chi connectivity index (χ4v) is 6.18. The number of carbonyl (C=O) groups excluding carboxylic acids is 1. The van der Waals surface area contributed by atoms with Crippen LogP contribution in [0.25, 0.3) is 0 Å². The highest BCUT2D eigenvalue weighted by Crippen LogP contribution is 2.50. The van der Waals surface area contributed by atoms with Crippen LogP contribution in [0, 0.1) is 17.8 Å². The molecule has 1 heterocycles. The number of hydrogen-bond donors (Lipinski definition) is 1. The molecule has 1 aliphatic carbocycles. The summed E-state index contributed by atoms with van der Waals surface area (Å²) >= 11 is 0. The molecular weight excluding hydrogens is 477 g/mol. The smallest absolute Gasteiger partial charge is 0.416 e. The van der Waals surface area contributed by atoms with Gasteiger partial charge < -0.3 is 14.5 Å². The van der Waals surface area contributed by atoms with Crippen LogP contribution in [0.1, 0.15) is 42.4 Å². The van der Waals surface area contributed by atoms with Crippen LogP contribution in [-0.2, 0) is 16.4 Å². The molecular formula is C30H34F3N2O2+. The van der Waals surface area contributed by atoms with E-state index in [0.717, 1.165) is 67.7 Å². The van der Waals surface area contributed by atoms with Gasteiger partial charge in [0.2, 0.25) is 0 Å². The third kappa shape index (κ3) is 6.02. The van der Waals surface area contributed by atoms with Gasteiger partial charge in [-0.25, -0.2) is 0 Å². The van der Waals surface area contributed by atoms with Crippen molar-refractivity contribution >= 4 is 5.91 Å². The minimum absolute atomic E-state index is 0.0342. The summed E-state index contributed by atoms with van der Waals surface area (Å²) in [5.41, 5.74) is 0.796. The summed E-state index contributed by atoms with van der Waals surface area (Å²) in [6.45, 7) is 6.97. The predicted molar refractivity (Wildman–Crippen MR) is 138 cm³/mol. The Balaban J connectivity index is 1.52. The zero-order chi connectivity index (χ0) is 26.7. The molecule has 1 aliphatic heterocycles. The number of piperidine rings is 1. The summed E-state index contributed by atoms with van der Waals surface area (Å²) < 4.78 is 44.8. The maximum absolute atomic E-state index is 12.8. The second-order valence-electron chi connectivity index (χ2n) is 10.6. The molecule has 0 radical (unpaired) electrons. The normalized spacial score (nSPS) is 27.3. The molecule has 2 aliphatic rings. The van der Waals surface area contributed by atoms with E-state index in [-0.39, 0.29) is 11.5 Å². The van der Waals surface area contributed by atoms with E-state index in [9.17, 15) is 18.0 Å². The first-order chi connectivity index (χ1) is 17.6. The number of rotatable bonds is 5. The average Bonchev–Trinajstić information content (AvgIpc) is 2.87. The van der Waals surface area contributed by atoms with E-state index in [1.54, 1.807) is 7.11 Å². The number of benzene rings is 2. The van der Waals surface area contributed by atoms with Gasteiger partial charge in [-0.1, -0.05) is 24.6 Å². The lowest BCUT2D eigenvalue weighted by molar-refractivity contribution is -0.914. The molecule has 2 aromatic rings. The van der Waals surface area contributed by atoms with Gasteiger partial charge in [-0.2, -0.15) is 13.2 Å². The van der Waals surface area contributed by atoms with Crippen molar-refractivity contribution in [2.24, 2.45) is 5.92 Å². The van der Waals surface area contributed by atoms with Gasteiger partial charge in [-0.15, -0.1) is 0 Å². The zero-order valence-electron chi connectivity index (χ0n) is 21.4. The van der Waals surface area contributed by atoms with Crippen molar-refractivity contribution in [1.29, 1.82) is 0 Å². The largest absolute Gasteiger partial charge is 0.497 e. The molecule has 1 saturated carbocycles. The molecule has 4 nitrogen and oxygen atoms in total. The fraction of sp³-hybridized carbons (Fsp3) is 0.433. The van der Waals surface area contributed by atoms with E-state index in [1.807, 2.05) is 18.2 Å². The maximum Gasteiger partial charge on any atom is 0.416 e. The highest BCUT2D eigenvalue weighted by atomic mass is 19.4. The lowest BCUT2D eigenvalue weighted by Crippen LogP contribution is -2.62. The molecule has 2 fully saturated rings. The summed E-state index contributed by atoms with van der Waals surface area (Å²) in [6, 6.07) is 12.8. The second kappa shape index (κ2) is 10.6. The van der Waals surface area contributed by atoms with E-state index in [0.29, 0.717) is 11.5 Å². The van der Waals surface area contributed by atoms with Crippen molar-refractivity contribution in [1.82, 2.24) is 5.32 Å². The number of likely N-dealkylation sites (N-methyl/N-ethyl adjacent to an activating group) is 1. The van der Waals surface area contributed by atoms with Crippen LogP contribution in [0.5, 0.6) is 5.75 Å². The zero-order valence-corrected chi connectivity index (χ0v) is 21.4. The van der Waals surface area contributed by atoms with Crippen molar-refractivity contribution in [3.05, 3.63) is 77.9 Å². The Bertz CT molecular complexity index is 1200. The van der Waals surface area contributed by atoms with Crippen LogP contribution in [0.2, 0.25) is 0 Å². The van der Waals surface area contributed by atoms with Crippen molar-refractivity contribution in [2.75, 3.05) is 33.8 Å². The Labute approximate surface area is 217 Å². The van der Waals surface area contributed by atoms with E-state index >= 15 is 0 Å². The third-order valence-corrected chi connectivity index (χ3v) is 8.10. The summed E-state index contributed by atoms with van der Waals surface area (Å²) in [5, 5.41) is 3.08. The van der Waals surface area contributed by atoms with Crippen molar-refractivity contribution < 1.29 is 27.2 Å². The maximum atomic E-state index is 12.8. The van der Waals surface area contributed by atoms with Gasteiger partial charge in [0, 0.05) is 35.3 Å². The van der Waals surface area contributed by atoms with Gasteiger partial charge in [0.15, 0.2) is 0 Å². The molecule has 4 rings (SSSR count). The Kier molecular flexibility index (Phi) is 7.70. The Morgan fingerprint density at radius 1 is 1.24 bits per heavy atom. The average molecular weight is 512 g/mol.